The third kappa shape index (κ3) is 2.42. The molecule has 0 saturated heterocycles. The number of dihydropyridines is 1. The molecule has 3 heteroatoms. The molecule has 0 bridgehead atoms. The second kappa shape index (κ2) is 4.42. The molecule has 0 fully saturated rings. The van der Waals surface area contributed by atoms with Crippen LogP contribution in [0.1, 0.15) is 19.8 Å². The van der Waals surface area contributed by atoms with Crippen molar-refractivity contribution >= 4 is 6.21 Å². The first-order valence-electron chi connectivity index (χ1n) is 4.26. The van der Waals surface area contributed by atoms with Gasteiger partial charge in [-0.15, -0.1) is 0 Å². The summed E-state index contributed by atoms with van der Waals surface area (Å²) in [5.41, 5.74) is 1.16. The molecule has 2 atom stereocenters. The zero-order valence-electron chi connectivity index (χ0n) is 7.57. The third-order valence-electron chi connectivity index (χ3n) is 2.16. The van der Waals surface area contributed by atoms with Crippen molar-refractivity contribution in [2.24, 2.45) is 10.9 Å². The van der Waals surface area contributed by atoms with Crippen molar-refractivity contribution in [2.45, 2.75) is 25.8 Å². The van der Waals surface area contributed by atoms with Crippen molar-refractivity contribution in [1.82, 2.24) is 0 Å². The Morgan fingerprint density at radius 2 is 2.46 bits per heavy atom. The molecule has 0 radical (unpaired) electrons. The number of hydrogen-bond donors (Lipinski definition) is 0. The van der Waals surface area contributed by atoms with Gasteiger partial charge in [0.25, 0.3) is 0 Å². The van der Waals surface area contributed by atoms with E-state index in [0.29, 0.717) is 12.8 Å². The van der Waals surface area contributed by atoms with Gasteiger partial charge >= 0.3 is 0 Å². The Bertz CT molecular complexity index is 314. The monoisotopic (exact) mass is 173 g/mol. The van der Waals surface area contributed by atoms with Crippen LogP contribution in [0.2, 0.25) is 0 Å². The molecule has 0 N–H and O–H groups in total. The Morgan fingerprint density at radius 3 is 3.08 bits per heavy atom. The number of nitrogens with zero attached hydrogens (tertiary/aromatic N) is 3. The SMILES string of the molecule is CC(CC#N)C1=CC=NC(C#N)C1. The molecule has 1 aliphatic rings. The smallest absolute Gasteiger partial charge is 0.140 e. The Balaban J connectivity index is 2.63. The van der Waals surface area contributed by atoms with E-state index in [2.05, 4.69) is 17.1 Å². The summed E-state index contributed by atoms with van der Waals surface area (Å²) in [7, 11) is 0. The molecule has 0 aromatic rings. The van der Waals surface area contributed by atoms with Crippen molar-refractivity contribution < 1.29 is 0 Å². The molecule has 0 amide bonds. The van der Waals surface area contributed by atoms with Gasteiger partial charge < -0.3 is 0 Å². The normalized spacial score (nSPS) is 22.7. The average Bonchev–Trinajstić information content (AvgIpc) is 2.18. The first-order valence-corrected chi connectivity index (χ1v) is 4.26. The maximum Gasteiger partial charge on any atom is 0.140 e. The van der Waals surface area contributed by atoms with Gasteiger partial charge in [0.2, 0.25) is 0 Å². The van der Waals surface area contributed by atoms with Gasteiger partial charge in [-0.3, -0.25) is 4.99 Å². The predicted octanol–water partition coefficient (Wildman–Crippen LogP) is 1.83. The van der Waals surface area contributed by atoms with Crippen molar-refractivity contribution in [3.8, 4) is 12.1 Å². The van der Waals surface area contributed by atoms with Gasteiger partial charge in [0, 0.05) is 19.1 Å². The van der Waals surface area contributed by atoms with E-state index in [-0.39, 0.29) is 12.0 Å². The fourth-order valence-electron chi connectivity index (χ4n) is 1.30. The molecule has 2 unspecified atom stereocenters. The van der Waals surface area contributed by atoms with Crippen molar-refractivity contribution in [1.29, 1.82) is 10.5 Å². The van der Waals surface area contributed by atoms with Gasteiger partial charge in [0.15, 0.2) is 0 Å². The molecule has 0 aromatic heterocycles. The first-order chi connectivity index (χ1) is 6.27. The molecular formula is C10H11N3. The molecule has 1 heterocycles. The zero-order chi connectivity index (χ0) is 9.68. The van der Waals surface area contributed by atoms with Gasteiger partial charge in [-0.25, -0.2) is 0 Å². The van der Waals surface area contributed by atoms with E-state index in [1.807, 2.05) is 13.0 Å². The summed E-state index contributed by atoms with van der Waals surface area (Å²) in [4.78, 5) is 4.00. The fourth-order valence-corrected chi connectivity index (χ4v) is 1.30. The zero-order valence-corrected chi connectivity index (χ0v) is 7.57. The number of allylic oxidation sites excluding steroid dienone is 1. The predicted molar refractivity (Wildman–Crippen MR) is 50.0 cm³/mol. The first kappa shape index (κ1) is 9.48. The minimum Gasteiger partial charge on any atom is -0.274 e. The Labute approximate surface area is 78.0 Å². The number of hydrogen-bond acceptors (Lipinski definition) is 3. The lowest BCUT2D eigenvalue weighted by atomic mass is 9.91. The summed E-state index contributed by atoms with van der Waals surface area (Å²) in [5, 5.41) is 17.2. The minimum absolute atomic E-state index is 0.243. The largest absolute Gasteiger partial charge is 0.274 e. The summed E-state index contributed by atoms with van der Waals surface area (Å²) in [6.07, 6.45) is 4.77. The van der Waals surface area contributed by atoms with E-state index in [9.17, 15) is 0 Å². The molecule has 66 valence electrons. The van der Waals surface area contributed by atoms with Crippen LogP contribution in [0.4, 0.5) is 0 Å². The summed E-state index contributed by atoms with van der Waals surface area (Å²) in [5.74, 6) is 0.243. The number of nitriles is 2. The van der Waals surface area contributed by atoms with Crippen molar-refractivity contribution in [2.75, 3.05) is 0 Å². The number of rotatable bonds is 2. The van der Waals surface area contributed by atoms with Crippen LogP contribution < -0.4 is 0 Å². The Hall–Kier alpha value is -1.61. The van der Waals surface area contributed by atoms with Crippen LogP contribution in [0.3, 0.4) is 0 Å². The minimum atomic E-state index is -0.249. The summed E-state index contributed by atoms with van der Waals surface area (Å²) in [6.45, 7) is 2.00. The fraction of sp³-hybridized carbons (Fsp3) is 0.500. The highest BCUT2D eigenvalue weighted by Crippen LogP contribution is 2.22. The highest BCUT2D eigenvalue weighted by molar-refractivity contribution is 5.74. The molecule has 13 heavy (non-hydrogen) atoms. The van der Waals surface area contributed by atoms with Gasteiger partial charge in [-0.05, 0) is 12.0 Å². The molecule has 3 nitrogen and oxygen atoms in total. The Kier molecular flexibility index (Phi) is 3.23. The van der Waals surface area contributed by atoms with E-state index in [0.717, 1.165) is 5.57 Å². The molecule has 0 saturated carbocycles. The van der Waals surface area contributed by atoms with Crippen LogP contribution in [-0.2, 0) is 0 Å². The van der Waals surface area contributed by atoms with E-state index in [1.165, 1.54) is 0 Å². The summed E-state index contributed by atoms with van der Waals surface area (Å²) in [6, 6.07) is 3.99. The second-order valence-corrected chi connectivity index (χ2v) is 3.15. The molecule has 0 aromatic carbocycles. The summed E-state index contributed by atoms with van der Waals surface area (Å²) < 4.78 is 0. The van der Waals surface area contributed by atoms with E-state index in [1.54, 1.807) is 6.21 Å². The second-order valence-electron chi connectivity index (χ2n) is 3.15. The van der Waals surface area contributed by atoms with Gasteiger partial charge in [0.1, 0.15) is 6.04 Å². The van der Waals surface area contributed by atoms with Gasteiger partial charge in [0.05, 0.1) is 12.1 Å². The van der Waals surface area contributed by atoms with E-state index < -0.39 is 0 Å². The lowest BCUT2D eigenvalue weighted by Crippen LogP contribution is -2.11. The van der Waals surface area contributed by atoms with Crippen LogP contribution in [0.25, 0.3) is 0 Å². The highest BCUT2D eigenvalue weighted by atomic mass is 14.8. The van der Waals surface area contributed by atoms with Crippen LogP contribution in [-0.4, -0.2) is 12.3 Å². The van der Waals surface area contributed by atoms with Crippen LogP contribution in [0.5, 0.6) is 0 Å². The lowest BCUT2D eigenvalue weighted by Gasteiger charge is -2.16. The quantitative estimate of drug-likeness (QED) is 0.639. The van der Waals surface area contributed by atoms with E-state index >= 15 is 0 Å². The maximum absolute atomic E-state index is 8.66. The van der Waals surface area contributed by atoms with Crippen LogP contribution in [0, 0.1) is 28.6 Å². The lowest BCUT2D eigenvalue weighted by molar-refractivity contribution is 0.636. The standard InChI is InChI=1S/C10H11N3/c1-8(2-4-11)9-3-5-13-10(6-9)7-12/h3,5,8,10H,2,6H2,1H3. The molecule has 0 spiro atoms. The van der Waals surface area contributed by atoms with Crippen molar-refractivity contribution in [3.63, 3.8) is 0 Å². The highest BCUT2D eigenvalue weighted by Gasteiger charge is 2.15. The van der Waals surface area contributed by atoms with Crippen LogP contribution in [0.15, 0.2) is 16.6 Å². The topological polar surface area (TPSA) is 59.9 Å². The third-order valence-corrected chi connectivity index (χ3v) is 2.16. The average molecular weight is 173 g/mol. The maximum atomic E-state index is 8.66. The van der Waals surface area contributed by atoms with E-state index in [4.69, 9.17) is 10.5 Å². The molecule has 1 aliphatic heterocycles. The molecule has 0 aliphatic carbocycles. The summed E-state index contributed by atoms with van der Waals surface area (Å²) >= 11 is 0. The van der Waals surface area contributed by atoms with Crippen molar-refractivity contribution in [3.05, 3.63) is 11.6 Å². The van der Waals surface area contributed by atoms with Crippen LogP contribution >= 0.6 is 0 Å². The van der Waals surface area contributed by atoms with Gasteiger partial charge in [-0.2, -0.15) is 10.5 Å². The molecular weight excluding hydrogens is 162 g/mol. The molecule has 1 rings (SSSR count). The number of aliphatic imine (C=N–C) groups is 1. The van der Waals surface area contributed by atoms with Gasteiger partial charge in [-0.1, -0.05) is 12.5 Å². The Morgan fingerprint density at radius 1 is 1.69 bits per heavy atom.